The van der Waals surface area contributed by atoms with Gasteiger partial charge in [0, 0.05) is 36.6 Å². The molecule has 0 radical (unpaired) electrons. The van der Waals surface area contributed by atoms with Crippen LogP contribution in [0.25, 0.3) is 0 Å². The Kier molecular flexibility index (Phi) is 5.42. The summed E-state index contributed by atoms with van der Waals surface area (Å²) < 4.78 is 5.11. The molecule has 0 aromatic heterocycles. The Balaban J connectivity index is 2.16. The Morgan fingerprint density at radius 3 is 2.32 bits per heavy atom. The minimum absolute atomic E-state index is 0.238. The number of anilines is 1. The SMILES string of the molecule is CCN(CC)c1ccc(C=Nc2ccc(OC)cc2)c(O)c1. The van der Waals surface area contributed by atoms with Crippen LogP contribution < -0.4 is 9.64 Å². The van der Waals surface area contributed by atoms with E-state index < -0.39 is 0 Å². The van der Waals surface area contributed by atoms with Crippen molar-refractivity contribution in [3.8, 4) is 11.5 Å². The fourth-order valence-electron chi connectivity index (χ4n) is 2.24. The van der Waals surface area contributed by atoms with Crippen molar-refractivity contribution >= 4 is 17.6 Å². The van der Waals surface area contributed by atoms with Crippen LogP contribution in [0.2, 0.25) is 0 Å². The second-order valence-electron chi connectivity index (χ2n) is 4.87. The standard InChI is InChI=1S/C18H22N2O2/c1-4-20(5-2)16-9-6-14(18(21)12-16)13-19-15-7-10-17(22-3)11-8-15/h6-13,21H,4-5H2,1-3H3. The molecule has 0 bridgehead atoms. The zero-order valence-electron chi connectivity index (χ0n) is 13.3. The topological polar surface area (TPSA) is 45.1 Å². The quantitative estimate of drug-likeness (QED) is 0.820. The molecule has 0 fully saturated rings. The molecule has 116 valence electrons. The second-order valence-corrected chi connectivity index (χ2v) is 4.87. The Labute approximate surface area is 131 Å². The van der Waals surface area contributed by atoms with Crippen molar-refractivity contribution in [2.24, 2.45) is 4.99 Å². The molecule has 22 heavy (non-hydrogen) atoms. The first-order valence-corrected chi connectivity index (χ1v) is 7.44. The van der Waals surface area contributed by atoms with Gasteiger partial charge in [0.15, 0.2) is 0 Å². The van der Waals surface area contributed by atoms with E-state index in [1.807, 2.05) is 36.4 Å². The van der Waals surface area contributed by atoms with E-state index in [0.29, 0.717) is 5.56 Å². The number of aromatic hydroxyl groups is 1. The van der Waals surface area contributed by atoms with Gasteiger partial charge in [-0.3, -0.25) is 4.99 Å². The number of benzene rings is 2. The maximum atomic E-state index is 10.2. The van der Waals surface area contributed by atoms with Crippen LogP contribution in [0, 0.1) is 0 Å². The highest BCUT2D eigenvalue weighted by atomic mass is 16.5. The predicted octanol–water partition coefficient (Wildman–Crippen LogP) is 4.00. The Hall–Kier alpha value is -2.49. The molecule has 2 aromatic rings. The number of nitrogens with zero attached hydrogens (tertiary/aromatic N) is 2. The van der Waals surface area contributed by atoms with Gasteiger partial charge < -0.3 is 14.7 Å². The highest BCUT2D eigenvalue weighted by molar-refractivity contribution is 5.86. The minimum atomic E-state index is 0.238. The maximum Gasteiger partial charge on any atom is 0.126 e. The van der Waals surface area contributed by atoms with Gasteiger partial charge >= 0.3 is 0 Å². The largest absolute Gasteiger partial charge is 0.507 e. The summed E-state index contributed by atoms with van der Waals surface area (Å²) in [6.45, 7) is 6.02. The van der Waals surface area contributed by atoms with Gasteiger partial charge in [0.25, 0.3) is 0 Å². The third kappa shape index (κ3) is 3.79. The van der Waals surface area contributed by atoms with Gasteiger partial charge in [0.05, 0.1) is 12.8 Å². The molecule has 0 aliphatic carbocycles. The van der Waals surface area contributed by atoms with Crippen molar-refractivity contribution in [2.75, 3.05) is 25.1 Å². The van der Waals surface area contributed by atoms with Crippen LogP contribution in [-0.4, -0.2) is 31.5 Å². The molecular formula is C18H22N2O2. The number of phenolic OH excluding ortho intramolecular Hbond substituents is 1. The molecule has 0 atom stereocenters. The van der Waals surface area contributed by atoms with Crippen molar-refractivity contribution in [1.82, 2.24) is 0 Å². The summed E-state index contributed by atoms with van der Waals surface area (Å²) in [5.41, 5.74) is 2.53. The van der Waals surface area contributed by atoms with Crippen LogP contribution in [0.3, 0.4) is 0 Å². The molecule has 0 unspecified atom stereocenters. The van der Waals surface area contributed by atoms with E-state index in [1.54, 1.807) is 19.4 Å². The third-order valence-electron chi connectivity index (χ3n) is 3.57. The van der Waals surface area contributed by atoms with Crippen molar-refractivity contribution in [3.05, 3.63) is 48.0 Å². The first-order valence-electron chi connectivity index (χ1n) is 7.44. The van der Waals surface area contributed by atoms with E-state index in [9.17, 15) is 5.11 Å². The zero-order valence-corrected chi connectivity index (χ0v) is 13.3. The molecule has 0 saturated heterocycles. The van der Waals surface area contributed by atoms with Crippen LogP contribution in [0.5, 0.6) is 11.5 Å². The van der Waals surface area contributed by atoms with Crippen LogP contribution in [-0.2, 0) is 0 Å². The summed E-state index contributed by atoms with van der Waals surface area (Å²) in [4.78, 5) is 6.56. The van der Waals surface area contributed by atoms with E-state index in [1.165, 1.54) is 0 Å². The average molecular weight is 298 g/mol. The van der Waals surface area contributed by atoms with Gasteiger partial charge in [-0.2, -0.15) is 0 Å². The van der Waals surface area contributed by atoms with E-state index in [-0.39, 0.29) is 5.75 Å². The number of ether oxygens (including phenoxy) is 1. The molecular weight excluding hydrogens is 276 g/mol. The van der Waals surface area contributed by atoms with Crippen LogP contribution in [0.15, 0.2) is 47.5 Å². The number of hydrogen-bond donors (Lipinski definition) is 1. The van der Waals surface area contributed by atoms with E-state index in [0.717, 1.165) is 30.2 Å². The lowest BCUT2D eigenvalue weighted by atomic mass is 10.2. The fourth-order valence-corrected chi connectivity index (χ4v) is 2.24. The van der Waals surface area contributed by atoms with E-state index >= 15 is 0 Å². The monoisotopic (exact) mass is 298 g/mol. The molecule has 2 aromatic carbocycles. The Bertz CT molecular complexity index is 632. The number of methoxy groups -OCH3 is 1. The van der Waals surface area contributed by atoms with Gasteiger partial charge in [-0.1, -0.05) is 0 Å². The lowest BCUT2D eigenvalue weighted by molar-refractivity contribution is 0.415. The molecule has 0 saturated carbocycles. The van der Waals surface area contributed by atoms with Gasteiger partial charge in [-0.15, -0.1) is 0 Å². The smallest absolute Gasteiger partial charge is 0.126 e. The highest BCUT2D eigenvalue weighted by Gasteiger charge is 2.05. The van der Waals surface area contributed by atoms with Crippen molar-refractivity contribution in [3.63, 3.8) is 0 Å². The summed E-state index contributed by atoms with van der Waals surface area (Å²) in [6, 6.07) is 13.1. The predicted molar refractivity (Wildman–Crippen MR) is 91.9 cm³/mol. The number of phenols is 1. The molecule has 0 aliphatic rings. The average Bonchev–Trinajstić information content (AvgIpc) is 2.55. The van der Waals surface area contributed by atoms with Crippen LogP contribution in [0.4, 0.5) is 11.4 Å². The Morgan fingerprint density at radius 2 is 1.77 bits per heavy atom. The molecule has 4 nitrogen and oxygen atoms in total. The number of hydrogen-bond acceptors (Lipinski definition) is 4. The normalized spacial score (nSPS) is 10.9. The first-order chi connectivity index (χ1) is 10.7. The third-order valence-corrected chi connectivity index (χ3v) is 3.57. The molecule has 2 rings (SSSR count). The summed E-state index contributed by atoms with van der Waals surface area (Å²) in [5, 5.41) is 10.2. The van der Waals surface area contributed by atoms with Gasteiger partial charge in [-0.05, 0) is 50.2 Å². The van der Waals surface area contributed by atoms with E-state index in [4.69, 9.17) is 4.74 Å². The molecule has 0 amide bonds. The molecule has 0 aliphatic heterocycles. The second kappa shape index (κ2) is 7.50. The summed E-state index contributed by atoms with van der Waals surface area (Å²) in [7, 11) is 1.63. The Morgan fingerprint density at radius 1 is 1.09 bits per heavy atom. The van der Waals surface area contributed by atoms with E-state index in [2.05, 4.69) is 23.7 Å². The fraction of sp³-hybridized carbons (Fsp3) is 0.278. The van der Waals surface area contributed by atoms with Gasteiger partial charge in [0.2, 0.25) is 0 Å². The molecule has 1 N–H and O–H groups in total. The summed E-state index contributed by atoms with van der Waals surface area (Å²) in [5.74, 6) is 1.03. The van der Waals surface area contributed by atoms with Crippen molar-refractivity contribution < 1.29 is 9.84 Å². The minimum Gasteiger partial charge on any atom is -0.507 e. The molecule has 4 heteroatoms. The number of aliphatic imine (C=N–C) groups is 1. The maximum absolute atomic E-state index is 10.2. The lowest BCUT2D eigenvalue weighted by Gasteiger charge is -2.21. The van der Waals surface area contributed by atoms with Gasteiger partial charge in [-0.25, -0.2) is 0 Å². The highest BCUT2D eigenvalue weighted by Crippen LogP contribution is 2.24. The summed E-state index contributed by atoms with van der Waals surface area (Å²) >= 11 is 0. The zero-order chi connectivity index (χ0) is 15.9. The van der Waals surface area contributed by atoms with Crippen LogP contribution >= 0.6 is 0 Å². The molecule has 0 heterocycles. The van der Waals surface area contributed by atoms with Crippen molar-refractivity contribution in [1.29, 1.82) is 0 Å². The van der Waals surface area contributed by atoms with Gasteiger partial charge in [0.1, 0.15) is 11.5 Å². The first kappa shape index (κ1) is 15.9. The number of rotatable bonds is 6. The lowest BCUT2D eigenvalue weighted by Crippen LogP contribution is -2.21. The van der Waals surface area contributed by atoms with Crippen molar-refractivity contribution in [2.45, 2.75) is 13.8 Å². The molecule has 0 spiro atoms. The summed E-state index contributed by atoms with van der Waals surface area (Å²) in [6.07, 6.45) is 1.67. The van der Waals surface area contributed by atoms with Crippen LogP contribution in [0.1, 0.15) is 19.4 Å².